The van der Waals surface area contributed by atoms with Crippen LogP contribution in [0.15, 0.2) is 36.4 Å². The van der Waals surface area contributed by atoms with Crippen LogP contribution in [0, 0.1) is 7.14 Å². The smallest absolute Gasteiger partial charge is 0.142 e. The summed E-state index contributed by atoms with van der Waals surface area (Å²) in [5.74, 6) is 0.612. The molecule has 0 aliphatic rings. The Morgan fingerprint density at radius 3 is 1.79 bits per heavy atom. The average molecular weight is 480 g/mol. The summed E-state index contributed by atoms with van der Waals surface area (Å²) in [6.07, 6.45) is 0. The second-order valence-corrected chi connectivity index (χ2v) is 7.28. The molecule has 0 spiro atoms. The number of hydrogen-bond donors (Lipinski definition) is 2. The molecule has 0 aromatic heterocycles. The van der Waals surface area contributed by atoms with Crippen molar-refractivity contribution in [2.75, 3.05) is 0 Å². The van der Waals surface area contributed by atoms with Crippen LogP contribution in [0.5, 0.6) is 11.5 Å². The van der Waals surface area contributed by atoms with Crippen molar-refractivity contribution in [2.24, 2.45) is 0 Å². The van der Waals surface area contributed by atoms with Crippen LogP contribution in [-0.4, -0.2) is 10.2 Å². The Hall–Kier alpha value is -0.500. The first-order valence-electron chi connectivity index (χ1n) is 5.80. The van der Waals surface area contributed by atoms with Crippen molar-refractivity contribution < 1.29 is 10.2 Å². The van der Waals surface area contributed by atoms with E-state index < -0.39 is 0 Å². The van der Waals surface area contributed by atoms with Gasteiger partial charge < -0.3 is 10.2 Å². The minimum atomic E-state index is -0.179. The van der Waals surface area contributed by atoms with Gasteiger partial charge >= 0.3 is 0 Å². The Bertz CT molecular complexity index is 581. The zero-order valence-electron chi connectivity index (χ0n) is 10.6. The van der Waals surface area contributed by atoms with Gasteiger partial charge in [-0.2, -0.15) is 0 Å². The van der Waals surface area contributed by atoms with E-state index in [-0.39, 0.29) is 11.2 Å². The van der Waals surface area contributed by atoms with E-state index in [0.29, 0.717) is 5.75 Å². The van der Waals surface area contributed by atoms with Crippen LogP contribution in [0.1, 0.15) is 25.0 Å². The van der Waals surface area contributed by atoms with Crippen LogP contribution in [-0.2, 0) is 5.41 Å². The fraction of sp³-hybridized carbons (Fsp3) is 0.200. The summed E-state index contributed by atoms with van der Waals surface area (Å²) in [5.41, 5.74) is 2.09. The van der Waals surface area contributed by atoms with Gasteiger partial charge in [0.05, 0.1) is 7.14 Å². The maximum Gasteiger partial charge on any atom is 0.142 e. The first kappa shape index (κ1) is 14.9. The summed E-state index contributed by atoms with van der Waals surface area (Å²) in [7, 11) is 0. The van der Waals surface area contributed by atoms with Crippen LogP contribution in [0.2, 0.25) is 0 Å². The summed E-state index contributed by atoms with van der Waals surface area (Å²) in [6, 6.07) is 11.3. The molecule has 100 valence electrons. The molecule has 2 nitrogen and oxygen atoms in total. The highest BCUT2D eigenvalue weighted by Crippen LogP contribution is 2.37. The number of phenolic OH excluding ortho intramolecular Hbond substituents is 2. The number of benzene rings is 2. The van der Waals surface area contributed by atoms with Crippen molar-refractivity contribution in [1.82, 2.24) is 0 Å². The molecule has 2 N–H and O–H groups in total. The molecular formula is C15H14I2O2. The van der Waals surface area contributed by atoms with Gasteiger partial charge in [0, 0.05) is 5.41 Å². The first-order chi connectivity index (χ1) is 8.82. The van der Waals surface area contributed by atoms with Crippen LogP contribution < -0.4 is 0 Å². The molecule has 4 heteroatoms. The zero-order chi connectivity index (χ0) is 14.2. The van der Waals surface area contributed by atoms with Crippen molar-refractivity contribution in [1.29, 1.82) is 0 Å². The quantitative estimate of drug-likeness (QED) is 0.616. The third-order valence-electron chi connectivity index (χ3n) is 3.33. The summed E-state index contributed by atoms with van der Waals surface area (Å²) in [4.78, 5) is 0. The van der Waals surface area contributed by atoms with E-state index in [1.807, 2.05) is 24.3 Å². The Morgan fingerprint density at radius 2 is 1.32 bits per heavy atom. The molecular weight excluding hydrogens is 466 g/mol. The minimum Gasteiger partial charge on any atom is -0.508 e. The van der Waals surface area contributed by atoms with Crippen molar-refractivity contribution in [3.63, 3.8) is 0 Å². The average Bonchev–Trinajstić information content (AvgIpc) is 2.35. The standard InChI is InChI=1S/C15H14I2O2/c1-15(2,9-3-5-11(18)6-4-9)10-7-12(16)14(19)13(17)8-10/h3-8,18-19H,1-2H3. The molecule has 0 aliphatic heterocycles. The van der Waals surface area contributed by atoms with Crippen LogP contribution in [0.4, 0.5) is 0 Å². The van der Waals surface area contributed by atoms with Crippen molar-refractivity contribution in [2.45, 2.75) is 19.3 Å². The molecule has 19 heavy (non-hydrogen) atoms. The molecule has 0 atom stereocenters. The first-order valence-corrected chi connectivity index (χ1v) is 7.96. The van der Waals surface area contributed by atoms with Crippen LogP contribution in [0.3, 0.4) is 0 Å². The number of hydrogen-bond acceptors (Lipinski definition) is 2. The predicted octanol–water partition coefficient (Wildman–Crippen LogP) is 4.63. The highest BCUT2D eigenvalue weighted by Gasteiger charge is 2.24. The van der Waals surface area contributed by atoms with Gasteiger partial charge in [-0.1, -0.05) is 26.0 Å². The highest BCUT2D eigenvalue weighted by molar-refractivity contribution is 14.1. The van der Waals surface area contributed by atoms with Crippen molar-refractivity contribution in [3.05, 3.63) is 54.7 Å². The van der Waals surface area contributed by atoms with Gasteiger partial charge in [0.1, 0.15) is 11.5 Å². The van der Waals surface area contributed by atoms with Gasteiger partial charge in [0.2, 0.25) is 0 Å². The summed E-state index contributed by atoms with van der Waals surface area (Å²) in [5, 5.41) is 19.2. The molecule has 2 aromatic rings. The van der Waals surface area contributed by atoms with Gasteiger partial charge in [-0.25, -0.2) is 0 Å². The monoisotopic (exact) mass is 480 g/mol. The fourth-order valence-corrected chi connectivity index (χ4v) is 3.74. The highest BCUT2D eigenvalue weighted by atomic mass is 127. The summed E-state index contributed by atoms with van der Waals surface area (Å²) < 4.78 is 1.71. The van der Waals surface area contributed by atoms with E-state index in [2.05, 4.69) is 59.0 Å². The Labute approximate surface area is 140 Å². The molecule has 0 radical (unpaired) electrons. The lowest BCUT2D eigenvalue weighted by Crippen LogP contribution is -2.19. The van der Waals surface area contributed by atoms with Crippen molar-refractivity contribution >= 4 is 45.2 Å². The zero-order valence-corrected chi connectivity index (χ0v) is 14.9. The topological polar surface area (TPSA) is 40.5 Å². The molecule has 0 saturated carbocycles. The number of phenols is 2. The number of aromatic hydroxyl groups is 2. The largest absolute Gasteiger partial charge is 0.508 e. The lowest BCUT2D eigenvalue weighted by atomic mass is 9.78. The molecule has 0 unspecified atom stereocenters. The number of halogens is 2. The lowest BCUT2D eigenvalue weighted by molar-refractivity contribution is 0.466. The molecule has 0 heterocycles. The third-order valence-corrected chi connectivity index (χ3v) is 4.97. The van der Waals surface area contributed by atoms with Gasteiger partial charge in [-0.05, 0) is 80.6 Å². The molecule has 0 fully saturated rings. The maximum atomic E-state index is 9.86. The van der Waals surface area contributed by atoms with Crippen LogP contribution in [0.25, 0.3) is 0 Å². The van der Waals surface area contributed by atoms with E-state index >= 15 is 0 Å². The molecule has 0 bridgehead atoms. The van der Waals surface area contributed by atoms with E-state index in [9.17, 15) is 10.2 Å². The molecule has 0 amide bonds. The maximum absolute atomic E-state index is 9.86. The third kappa shape index (κ3) is 2.99. The molecule has 0 saturated heterocycles. The van der Waals surface area contributed by atoms with Gasteiger partial charge in [-0.15, -0.1) is 0 Å². The molecule has 0 aliphatic carbocycles. The second-order valence-electron chi connectivity index (χ2n) is 4.96. The van der Waals surface area contributed by atoms with Crippen molar-refractivity contribution in [3.8, 4) is 11.5 Å². The Balaban J connectivity index is 2.52. The van der Waals surface area contributed by atoms with Gasteiger partial charge in [-0.3, -0.25) is 0 Å². The van der Waals surface area contributed by atoms with E-state index in [4.69, 9.17) is 0 Å². The molecule has 2 aromatic carbocycles. The van der Waals surface area contributed by atoms with E-state index in [0.717, 1.165) is 18.3 Å². The van der Waals surface area contributed by atoms with Gasteiger partial charge in [0.25, 0.3) is 0 Å². The number of rotatable bonds is 2. The minimum absolute atomic E-state index is 0.179. The van der Waals surface area contributed by atoms with Gasteiger partial charge in [0.15, 0.2) is 0 Å². The second kappa shape index (κ2) is 5.47. The molecule has 2 rings (SSSR count). The normalized spacial score (nSPS) is 11.6. The SMILES string of the molecule is CC(C)(c1ccc(O)cc1)c1cc(I)c(O)c(I)c1. The fourth-order valence-electron chi connectivity index (χ4n) is 1.97. The predicted molar refractivity (Wildman–Crippen MR) is 93.8 cm³/mol. The summed E-state index contributed by atoms with van der Waals surface area (Å²) >= 11 is 4.29. The summed E-state index contributed by atoms with van der Waals surface area (Å²) in [6.45, 7) is 4.27. The lowest BCUT2D eigenvalue weighted by Gasteiger charge is -2.27. The van der Waals surface area contributed by atoms with E-state index in [1.165, 1.54) is 0 Å². The van der Waals surface area contributed by atoms with Crippen LogP contribution >= 0.6 is 45.2 Å². The Kier molecular flexibility index (Phi) is 4.29. The van der Waals surface area contributed by atoms with E-state index in [1.54, 1.807) is 12.1 Å². The Morgan fingerprint density at radius 1 is 0.842 bits per heavy atom.